The Morgan fingerprint density at radius 3 is 2.32 bits per heavy atom. The van der Waals surface area contributed by atoms with E-state index in [1.54, 1.807) is 0 Å². The molecule has 2 rings (SSSR count). The van der Waals surface area contributed by atoms with Crippen molar-refractivity contribution in [3.63, 3.8) is 0 Å². The van der Waals surface area contributed by atoms with Gasteiger partial charge >= 0.3 is 6.09 Å². The number of nitrogens with two attached hydrogens (primary N) is 1. The normalized spacial score (nSPS) is 11.9. The van der Waals surface area contributed by atoms with Crippen molar-refractivity contribution < 1.29 is 32.7 Å². The van der Waals surface area contributed by atoms with Crippen LogP contribution in [0.1, 0.15) is 18.4 Å². The number of anilines is 1. The molecule has 0 radical (unpaired) electrons. The van der Waals surface area contributed by atoms with E-state index >= 15 is 0 Å². The molecule has 0 bridgehead atoms. The molecule has 2 aromatic carbocycles. The van der Waals surface area contributed by atoms with Crippen LogP contribution in [0.25, 0.3) is 0 Å². The van der Waals surface area contributed by atoms with Crippen LogP contribution in [0.15, 0.2) is 53.4 Å². The predicted molar refractivity (Wildman–Crippen MR) is 110 cm³/mol. The third-order valence-electron chi connectivity index (χ3n) is 4.03. The van der Waals surface area contributed by atoms with Gasteiger partial charge in [0.15, 0.2) is 0 Å². The summed E-state index contributed by atoms with van der Waals surface area (Å²) in [7, 11) is -4.39. The first-order valence-electron chi connectivity index (χ1n) is 8.80. The molecule has 31 heavy (non-hydrogen) atoms. The number of rotatable bonds is 9. The molecule has 0 saturated heterocycles. The number of hydrogen-bond donors (Lipinski definition) is 3. The number of terminal acetylenes is 1. The fraction of sp³-hybridized carbons (Fsp3) is 0.150. The molecule has 0 aliphatic rings. The molecule has 162 valence electrons. The van der Waals surface area contributed by atoms with Crippen LogP contribution >= 0.6 is 0 Å². The Hall–Kier alpha value is -3.72. The van der Waals surface area contributed by atoms with Crippen molar-refractivity contribution >= 4 is 34.0 Å². The molecule has 0 fully saturated rings. The summed E-state index contributed by atoms with van der Waals surface area (Å²) in [5.41, 5.74) is 5.71. The van der Waals surface area contributed by atoms with Crippen molar-refractivity contribution in [2.75, 3.05) is 5.32 Å². The minimum Gasteiger partial charge on any atom is -0.411 e. The van der Waals surface area contributed by atoms with Crippen LogP contribution < -0.4 is 15.8 Å². The molecular weight excluding hydrogens is 426 g/mol. The van der Waals surface area contributed by atoms with Gasteiger partial charge in [0.2, 0.25) is 5.91 Å². The number of carbonyl (C=O) groups excluding carboxylic acids is 3. The zero-order chi connectivity index (χ0) is 23.0. The summed E-state index contributed by atoms with van der Waals surface area (Å²) in [6, 6.07) is 9.40. The van der Waals surface area contributed by atoms with E-state index in [0.717, 1.165) is 0 Å². The van der Waals surface area contributed by atoms with Crippen LogP contribution in [-0.2, 0) is 19.6 Å². The summed E-state index contributed by atoms with van der Waals surface area (Å²) in [5, 5.41) is 12.6. The predicted octanol–water partition coefficient (Wildman–Crippen LogP) is 1.49. The lowest BCUT2D eigenvalue weighted by atomic mass is 10.2. The van der Waals surface area contributed by atoms with Gasteiger partial charge in [0.1, 0.15) is 18.1 Å². The standard InChI is InChI=1S/C20H19N3O7S/c1-2-14-3-10-18(11-4-14)31(28,29)23(27)16(13-24)7-12-19(25)22-15-5-8-17(9-6-15)30-20(21)26/h1,3-6,8-11,13,16,27H,7,12H2,(H2,21,26)(H,22,25)/t16-/m1/s1. The number of aldehydes is 1. The summed E-state index contributed by atoms with van der Waals surface area (Å²) in [6.45, 7) is 0. The van der Waals surface area contributed by atoms with E-state index in [-0.39, 0.29) is 34.2 Å². The van der Waals surface area contributed by atoms with Gasteiger partial charge in [-0.2, -0.15) is 0 Å². The smallest absolute Gasteiger partial charge is 0.409 e. The molecule has 0 unspecified atom stereocenters. The first-order chi connectivity index (χ1) is 14.7. The Kier molecular flexibility index (Phi) is 7.87. The lowest BCUT2D eigenvalue weighted by Gasteiger charge is -2.21. The van der Waals surface area contributed by atoms with Gasteiger partial charge in [0.05, 0.1) is 4.90 Å². The number of hydrogen-bond acceptors (Lipinski definition) is 7. The van der Waals surface area contributed by atoms with E-state index in [1.165, 1.54) is 48.5 Å². The van der Waals surface area contributed by atoms with Gasteiger partial charge in [-0.3, -0.25) is 10.0 Å². The number of ether oxygens (including phenoxy) is 1. The molecule has 0 heterocycles. The number of sulfonamides is 1. The van der Waals surface area contributed by atoms with Gasteiger partial charge < -0.3 is 20.6 Å². The van der Waals surface area contributed by atoms with Gasteiger partial charge in [-0.1, -0.05) is 10.4 Å². The molecule has 11 heteroatoms. The van der Waals surface area contributed by atoms with E-state index in [9.17, 15) is 28.0 Å². The van der Waals surface area contributed by atoms with E-state index in [0.29, 0.717) is 11.3 Å². The van der Waals surface area contributed by atoms with Crippen LogP contribution in [0.3, 0.4) is 0 Å². The lowest BCUT2D eigenvalue weighted by molar-refractivity contribution is -0.122. The minimum atomic E-state index is -4.39. The first-order valence-corrected chi connectivity index (χ1v) is 10.2. The van der Waals surface area contributed by atoms with E-state index in [1.807, 2.05) is 0 Å². The van der Waals surface area contributed by atoms with Crippen LogP contribution in [0, 0.1) is 12.3 Å². The van der Waals surface area contributed by atoms with Gasteiger partial charge in [-0.25, -0.2) is 13.2 Å². The van der Waals surface area contributed by atoms with Gasteiger partial charge in [0, 0.05) is 17.7 Å². The van der Waals surface area contributed by atoms with Crippen molar-refractivity contribution in [1.82, 2.24) is 4.47 Å². The number of nitrogens with one attached hydrogen (secondary N) is 1. The van der Waals surface area contributed by atoms with Crippen LogP contribution in [0.2, 0.25) is 0 Å². The minimum absolute atomic E-state index is 0.0753. The van der Waals surface area contributed by atoms with E-state index < -0.39 is 28.1 Å². The Morgan fingerprint density at radius 2 is 1.81 bits per heavy atom. The second-order valence-corrected chi connectivity index (χ2v) is 7.98. The van der Waals surface area contributed by atoms with Crippen LogP contribution in [-0.4, -0.2) is 42.4 Å². The Labute approximate surface area is 178 Å². The van der Waals surface area contributed by atoms with Crippen molar-refractivity contribution in [2.45, 2.75) is 23.8 Å². The molecule has 2 aromatic rings. The van der Waals surface area contributed by atoms with Crippen molar-refractivity contribution in [3.8, 4) is 18.1 Å². The first kappa shape index (κ1) is 23.6. The van der Waals surface area contributed by atoms with E-state index in [4.69, 9.17) is 12.2 Å². The van der Waals surface area contributed by atoms with Gasteiger partial charge in [-0.15, -0.1) is 6.42 Å². The third kappa shape index (κ3) is 6.38. The highest BCUT2D eigenvalue weighted by molar-refractivity contribution is 7.89. The number of primary amides is 1. The largest absolute Gasteiger partial charge is 0.411 e. The molecule has 0 aliphatic heterocycles. The maximum absolute atomic E-state index is 12.5. The monoisotopic (exact) mass is 445 g/mol. The van der Waals surface area contributed by atoms with E-state index in [2.05, 4.69) is 16.0 Å². The zero-order valence-electron chi connectivity index (χ0n) is 16.1. The van der Waals surface area contributed by atoms with Gasteiger partial charge in [-0.05, 0) is 55.0 Å². The summed E-state index contributed by atoms with van der Waals surface area (Å²) in [6.07, 6.45) is 3.95. The van der Waals surface area contributed by atoms with Crippen molar-refractivity contribution in [2.24, 2.45) is 5.73 Å². The topological polar surface area (TPSA) is 156 Å². The second kappa shape index (κ2) is 10.4. The Morgan fingerprint density at radius 1 is 1.19 bits per heavy atom. The molecule has 0 aromatic heterocycles. The molecule has 2 amide bonds. The van der Waals surface area contributed by atoms with Crippen LogP contribution in [0.5, 0.6) is 5.75 Å². The molecule has 4 N–H and O–H groups in total. The summed E-state index contributed by atoms with van der Waals surface area (Å²) < 4.78 is 29.6. The maximum atomic E-state index is 12.5. The number of carbonyl (C=O) groups is 3. The maximum Gasteiger partial charge on any atom is 0.409 e. The lowest BCUT2D eigenvalue weighted by Crippen LogP contribution is -2.39. The second-order valence-electron chi connectivity index (χ2n) is 6.18. The van der Waals surface area contributed by atoms with Crippen molar-refractivity contribution in [3.05, 3.63) is 54.1 Å². The average molecular weight is 445 g/mol. The summed E-state index contributed by atoms with van der Waals surface area (Å²) >= 11 is 0. The highest BCUT2D eigenvalue weighted by Gasteiger charge is 2.30. The SMILES string of the molecule is C#Cc1ccc(S(=O)(=O)N(O)[C@@H](C=O)CCC(=O)Nc2ccc(OC(N)=O)cc2)cc1. The van der Waals surface area contributed by atoms with Gasteiger partial charge in [0.25, 0.3) is 10.0 Å². The van der Waals surface area contributed by atoms with Crippen LogP contribution in [0.4, 0.5) is 10.5 Å². The third-order valence-corrected chi connectivity index (χ3v) is 5.66. The molecular formula is C20H19N3O7S. The highest BCUT2D eigenvalue weighted by Crippen LogP contribution is 2.19. The molecule has 10 nitrogen and oxygen atoms in total. The molecule has 0 spiro atoms. The highest BCUT2D eigenvalue weighted by atomic mass is 32.2. The van der Waals surface area contributed by atoms with Crippen molar-refractivity contribution in [1.29, 1.82) is 0 Å². The average Bonchev–Trinajstić information content (AvgIpc) is 2.75. The Bertz CT molecular complexity index is 1090. The quantitative estimate of drug-likeness (QED) is 0.300. The number of amides is 2. The zero-order valence-corrected chi connectivity index (χ0v) is 16.9. The molecule has 0 aliphatic carbocycles. The Balaban J connectivity index is 1.98. The fourth-order valence-corrected chi connectivity index (χ4v) is 3.67. The molecule has 0 saturated carbocycles. The molecule has 1 atom stereocenters. The number of benzene rings is 2. The fourth-order valence-electron chi connectivity index (χ4n) is 2.46. The number of nitrogens with zero attached hydrogens (tertiary/aromatic N) is 1. The summed E-state index contributed by atoms with van der Waals surface area (Å²) in [5.74, 6) is 1.99. The number of hydroxylamine groups is 1. The summed E-state index contributed by atoms with van der Waals surface area (Å²) in [4.78, 5) is 33.9.